The van der Waals surface area contributed by atoms with E-state index in [-0.39, 0.29) is 6.04 Å². The molecule has 0 fully saturated rings. The molecule has 0 bridgehead atoms. The summed E-state index contributed by atoms with van der Waals surface area (Å²) in [4.78, 5) is 5.17. The molecule has 1 rings (SSSR count). The second-order valence-electron chi connectivity index (χ2n) is 2.22. The van der Waals surface area contributed by atoms with Gasteiger partial charge in [0.2, 0.25) is 0 Å². The highest BCUT2D eigenvalue weighted by Gasteiger charge is 2.24. The van der Waals surface area contributed by atoms with Gasteiger partial charge in [-0.1, -0.05) is 11.6 Å². The molecule has 1 aliphatic heterocycles. The molecule has 9 heavy (non-hydrogen) atoms. The van der Waals surface area contributed by atoms with E-state index in [9.17, 15) is 0 Å². The number of halogens is 1. The van der Waals surface area contributed by atoms with E-state index in [0.29, 0.717) is 0 Å². The maximum absolute atomic E-state index is 5.82. The van der Waals surface area contributed by atoms with E-state index < -0.39 is 0 Å². The first-order valence-electron chi connectivity index (χ1n) is 2.90. The first-order valence-corrected chi connectivity index (χ1v) is 3.28. The monoisotopic (exact) mass is 147 g/mol. The highest BCUT2D eigenvalue weighted by Crippen LogP contribution is 2.26. The van der Waals surface area contributed by atoms with Crippen molar-refractivity contribution in [3.05, 3.63) is 10.8 Å². The summed E-state index contributed by atoms with van der Waals surface area (Å²) in [6.07, 6.45) is 0. The van der Waals surface area contributed by atoms with Gasteiger partial charge in [-0.15, -0.1) is 5.06 Å². The van der Waals surface area contributed by atoms with E-state index >= 15 is 0 Å². The Bertz CT molecular complexity index is 155. The van der Waals surface area contributed by atoms with E-state index in [1.165, 1.54) is 0 Å². The van der Waals surface area contributed by atoms with Gasteiger partial charge >= 0.3 is 0 Å². The molecule has 0 aromatic rings. The second kappa shape index (κ2) is 2.20. The van der Waals surface area contributed by atoms with Crippen molar-refractivity contribution in [3.63, 3.8) is 0 Å². The van der Waals surface area contributed by atoms with Crippen LogP contribution in [0.5, 0.6) is 0 Å². The summed E-state index contributed by atoms with van der Waals surface area (Å²) in [5.41, 5.74) is 0. The summed E-state index contributed by atoms with van der Waals surface area (Å²) < 4.78 is 0. The lowest BCUT2D eigenvalue weighted by Crippen LogP contribution is -2.21. The quantitative estimate of drug-likeness (QED) is 0.518. The van der Waals surface area contributed by atoms with E-state index in [4.69, 9.17) is 16.4 Å². The normalized spacial score (nSPS) is 29.1. The minimum atomic E-state index is 0.215. The maximum Gasteiger partial charge on any atom is 0.137 e. The van der Waals surface area contributed by atoms with Gasteiger partial charge in [-0.3, -0.25) is 0 Å². The van der Waals surface area contributed by atoms with Crippen molar-refractivity contribution in [2.45, 2.75) is 19.9 Å². The molecular formula is C6H10ClNO. The Labute approximate surface area is 60.0 Å². The minimum absolute atomic E-state index is 0.215. The molecule has 0 aliphatic carbocycles. The molecule has 0 aromatic heterocycles. The highest BCUT2D eigenvalue weighted by molar-refractivity contribution is 6.30. The molecule has 0 amide bonds. The molecule has 1 unspecified atom stereocenters. The Morgan fingerprint density at radius 3 is 2.33 bits per heavy atom. The number of hydrogen-bond donors (Lipinski definition) is 0. The van der Waals surface area contributed by atoms with Gasteiger partial charge in [0, 0.05) is 7.05 Å². The summed E-state index contributed by atoms with van der Waals surface area (Å²) >= 11 is 5.82. The van der Waals surface area contributed by atoms with Crippen LogP contribution in [0.15, 0.2) is 10.8 Å². The summed E-state index contributed by atoms with van der Waals surface area (Å²) in [6, 6.07) is 0.215. The van der Waals surface area contributed by atoms with Crippen LogP contribution in [0.4, 0.5) is 0 Å². The SMILES string of the molecule is CC1=C(Cl)C(C)N(C)O1. The smallest absolute Gasteiger partial charge is 0.137 e. The topological polar surface area (TPSA) is 12.5 Å². The zero-order valence-corrected chi connectivity index (χ0v) is 6.57. The van der Waals surface area contributed by atoms with Crippen molar-refractivity contribution in [1.82, 2.24) is 5.06 Å². The van der Waals surface area contributed by atoms with Crippen molar-refractivity contribution < 1.29 is 4.84 Å². The van der Waals surface area contributed by atoms with Crippen molar-refractivity contribution in [1.29, 1.82) is 0 Å². The van der Waals surface area contributed by atoms with Crippen LogP contribution in [0.1, 0.15) is 13.8 Å². The number of nitrogens with zero attached hydrogens (tertiary/aromatic N) is 1. The first kappa shape index (κ1) is 6.90. The van der Waals surface area contributed by atoms with Crippen molar-refractivity contribution in [2.75, 3.05) is 7.05 Å². The Morgan fingerprint density at radius 2 is 2.22 bits per heavy atom. The van der Waals surface area contributed by atoms with Crippen molar-refractivity contribution in [2.24, 2.45) is 0 Å². The Balaban J connectivity index is 2.74. The Kier molecular flexibility index (Phi) is 1.68. The first-order chi connectivity index (χ1) is 4.13. The fourth-order valence-corrected chi connectivity index (χ4v) is 0.964. The summed E-state index contributed by atoms with van der Waals surface area (Å²) in [5.74, 6) is 0.812. The summed E-state index contributed by atoms with van der Waals surface area (Å²) in [7, 11) is 1.86. The average Bonchev–Trinajstić information content (AvgIpc) is 1.98. The molecule has 0 aromatic carbocycles. The lowest BCUT2D eigenvalue weighted by atomic mass is 10.3. The molecule has 1 heterocycles. The number of rotatable bonds is 0. The Morgan fingerprint density at radius 1 is 1.67 bits per heavy atom. The van der Waals surface area contributed by atoms with Gasteiger partial charge in [-0.05, 0) is 13.8 Å². The van der Waals surface area contributed by atoms with Gasteiger partial charge in [-0.25, -0.2) is 0 Å². The van der Waals surface area contributed by atoms with E-state index in [2.05, 4.69) is 0 Å². The van der Waals surface area contributed by atoms with Crippen LogP contribution in [0.25, 0.3) is 0 Å². The molecule has 0 radical (unpaired) electrons. The van der Waals surface area contributed by atoms with Gasteiger partial charge in [0.05, 0.1) is 11.1 Å². The molecule has 0 saturated carbocycles. The van der Waals surface area contributed by atoms with Gasteiger partial charge in [0.15, 0.2) is 0 Å². The molecule has 0 saturated heterocycles. The van der Waals surface area contributed by atoms with E-state index in [1.807, 2.05) is 20.9 Å². The summed E-state index contributed by atoms with van der Waals surface area (Å²) in [6.45, 7) is 3.86. The van der Waals surface area contributed by atoms with Crippen LogP contribution in [0, 0.1) is 0 Å². The third-order valence-corrected chi connectivity index (χ3v) is 2.11. The lowest BCUT2D eigenvalue weighted by Gasteiger charge is -2.12. The van der Waals surface area contributed by atoms with Crippen LogP contribution in [0.3, 0.4) is 0 Å². The largest absolute Gasteiger partial charge is 0.409 e. The fraction of sp³-hybridized carbons (Fsp3) is 0.667. The second-order valence-corrected chi connectivity index (χ2v) is 2.62. The number of allylic oxidation sites excluding steroid dienone is 1. The molecule has 1 aliphatic rings. The Hall–Kier alpha value is -0.210. The number of hydrogen-bond acceptors (Lipinski definition) is 2. The van der Waals surface area contributed by atoms with E-state index in [1.54, 1.807) is 5.06 Å². The van der Waals surface area contributed by atoms with Gasteiger partial charge in [0.25, 0.3) is 0 Å². The van der Waals surface area contributed by atoms with Gasteiger partial charge in [-0.2, -0.15) is 0 Å². The predicted molar refractivity (Wildman–Crippen MR) is 36.9 cm³/mol. The average molecular weight is 148 g/mol. The molecule has 2 nitrogen and oxygen atoms in total. The van der Waals surface area contributed by atoms with Gasteiger partial charge in [0.1, 0.15) is 5.76 Å². The van der Waals surface area contributed by atoms with Crippen LogP contribution >= 0.6 is 11.6 Å². The molecular weight excluding hydrogens is 138 g/mol. The zero-order chi connectivity index (χ0) is 7.02. The van der Waals surface area contributed by atoms with Crippen LogP contribution in [-0.2, 0) is 4.84 Å². The molecule has 1 atom stereocenters. The molecule has 52 valence electrons. The minimum Gasteiger partial charge on any atom is -0.409 e. The van der Waals surface area contributed by atoms with Crippen molar-refractivity contribution in [3.8, 4) is 0 Å². The standard InChI is InChI=1S/C6H10ClNO/c1-4-6(7)5(2)9-8(4)3/h4H,1-3H3. The van der Waals surface area contributed by atoms with Crippen LogP contribution in [0.2, 0.25) is 0 Å². The lowest BCUT2D eigenvalue weighted by molar-refractivity contribution is -0.0889. The fourth-order valence-electron chi connectivity index (χ4n) is 0.792. The number of likely N-dealkylation sites (N-methyl/N-ethyl adjacent to an activating group) is 1. The predicted octanol–water partition coefficient (Wildman–Crippen LogP) is 1.72. The molecule has 3 heteroatoms. The van der Waals surface area contributed by atoms with Gasteiger partial charge < -0.3 is 4.84 Å². The van der Waals surface area contributed by atoms with E-state index in [0.717, 1.165) is 10.8 Å². The van der Waals surface area contributed by atoms with Crippen LogP contribution in [-0.4, -0.2) is 18.2 Å². The molecule has 0 N–H and O–H groups in total. The third-order valence-electron chi connectivity index (χ3n) is 1.53. The highest BCUT2D eigenvalue weighted by atomic mass is 35.5. The van der Waals surface area contributed by atoms with Crippen LogP contribution < -0.4 is 0 Å². The maximum atomic E-state index is 5.82. The third kappa shape index (κ3) is 1.05. The summed E-state index contributed by atoms with van der Waals surface area (Å²) in [5, 5.41) is 2.54. The molecule has 0 spiro atoms. The van der Waals surface area contributed by atoms with Crippen molar-refractivity contribution >= 4 is 11.6 Å². The zero-order valence-electron chi connectivity index (χ0n) is 5.81. The number of hydroxylamine groups is 2.